The lowest BCUT2D eigenvalue weighted by Crippen LogP contribution is -2.30. The van der Waals surface area contributed by atoms with Crippen molar-refractivity contribution in [3.63, 3.8) is 0 Å². The quantitative estimate of drug-likeness (QED) is 0.813. The molecule has 0 bridgehead atoms. The van der Waals surface area contributed by atoms with Crippen molar-refractivity contribution in [1.29, 1.82) is 0 Å². The van der Waals surface area contributed by atoms with Crippen LogP contribution in [0.15, 0.2) is 16.6 Å². The minimum atomic E-state index is 0.597. The normalized spacial score (nSPS) is 19.4. The van der Waals surface area contributed by atoms with Gasteiger partial charge in [-0.05, 0) is 57.8 Å². The summed E-state index contributed by atoms with van der Waals surface area (Å²) in [5.41, 5.74) is 4.22. The smallest absolute Gasteiger partial charge is 0.0519 e. The number of aryl methyl sites for hydroxylation is 1. The first kappa shape index (κ1) is 12.9. The Balaban J connectivity index is 2.34. The molecule has 0 fully saturated rings. The number of hydrogen-bond acceptors (Lipinski definition) is 1. The maximum Gasteiger partial charge on any atom is 0.0519 e. The molecule has 1 unspecified atom stereocenters. The van der Waals surface area contributed by atoms with Gasteiger partial charge in [-0.15, -0.1) is 0 Å². The zero-order valence-corrected chi connectivity index (χ0v) is 12.8. The van der Waals surface area contributed by atoms with Gasteiger partial charge in [-0.2, -0.15) is 0 Å². The van der Waals surface area contributed by atoms with Crippen LogP contribution in [0.4, 0.5) is 5.69 Å². The van der Waals surface area contributed by atoms with Gasteiger partial charge in [0, 0.05) is 10.5 Å². The van der Waals surface area contributed by atoms with E-state index in [0.717, 1.165) is 0 Å². The zero-order chi connectivity index (χ0) is 12.6. The Morgan fingerprint density at radius 3 is 2.53 bits per heavy atom. The molecular formula is C15H22BrN. The van der Waals surface area contributed by atoms with Crippen LogP contribution in [0.2, 0.25) is 0 Å². The number of rotatable bonds is 2. The summed E-state index contributed by atoms with van der Waals surface area (Å²) < 4.78 is 1.23. The summed E-state index contributed by atoms with van der Waals surface area (Å²) in [5, 5.41) is 3.68. The monoisotopic (exact) mass is 295 g/mol. The maximum absolute atomic E-state index is 3.72. The van der Waals surface area contributed by atoms with Crippen LogP contribution in [0.1, 0.15) is 51.2 Å². The molecule has 1 N–H and O–H groups in total. The van der Waals surface area contributed by atoms with Crippen LogP contribution >= 0.6 is 15.9 Å². The number of nitrogens with one attached hydrogen (secondary N) is 1. The van der Waals surface area contributed by atoms with Crippen LogP contribution in [0.3, 0.4) is 0 Å². The fourth-order valence-corrected chi connectivity index (χ4v) is 3.08. The van der Waals surface area contributed by atoms with Crippen LogP contribution in [-0.4, -0.2) is 6.04 Å². The van der Waals surface area contributed by atoms with E-state index in [0.29, 0.717) is 17.9 Å². The Kier molecular flexibility index (Phi) is 3.82. The molecule has 1 aliphatic rings. The second-order valence-corrected chi connectivity index (χ2v) is 6.58. The van der Waals surface area contributed by atoms with Gasteiger partial charge >= 0.3 is 0 Å². The third kappa shape index (κ3) is 2.67. The van der Waals surface area contributed by atoms with Crippen LogP contribution in [-0.2, 0) is 6.42 Å². The van der Waals surface area contributed by atoms with Crippen LogP contribution < -0.4 is 5.32 Å². The molecule has 94 valence electrons. The van der Waals surface area contributed by atoms with Crippen molar-refractivity contribution in [2.24, 2.45) is 5.92 Å². The summed E-state index contributed by atoms with van der Waals surface area (Å²) in [6.45, 7) is 9.08. The lowest BCUT2D eigenvalue weighted by Gasteiger charge is -2.31. The fraction of sp³-hybridized carbons (Fsp3) is 0.600. The lowest BCUT2D eigenvalue weighted by molar-refractivity contribution is 0.482. The molecule has 1 aliphatic heterocycles. The van der Waals surface area contributed by atoms with Crippen molar-refractivity contribution in [2.45, 2.75) is 52.5 Å². The third-order valence-electron chi connectivity index (χ3n) is 3.72. The second kappa shape index (κ2) is 5.01. The van der Waals surface area contributed by atoms with Gasteiger partial charge in [0.15, 0.2) is 0 Å². The van der Waals surface area contributed by atoms with Crippen LogP contribution in [0.5, 0.6) is 0 Å². The first-order valence-electron chi connectivity index (χ1n) is 6.58. The molecule has 1 nitrogen and oxygen atoms in total. The van der Waals surface area contributed by atoms with Gasteiger partial charge in [-0.3, -0.25) is 0 Å². The van der Waals surface area contributed by atoms with Gasteiger partial charge in [0.2, 0.25) is 0 Å². The molecule has 17 heavy (non-hydrogen) atoms. The molecule has 0 spiro atoms. The molecule has 2 rings (SSSR count). The van der Waals surface area contributed by atoms with E-state index in [1.165, 1.54) is 34.1 Å². The van der Waals surface area contributed by atoms with E-state index < -0.39 is 0 Å². The van der Waals surface area contributed by atoms with Crippen LogP contribution in [0, 0.1) is 5.92 Å². The average Bonchev–Trinajstić information content (AvgIpc) is 2.28. The molecule has 0 saturated heterocycles. The van der Waals surface area contributed by atoms with E-state index >= 15 is 0 Å². The lowest BCUT2D eigenvalue weighted by atomic mass is 9.89. The summed E-state index contributed by atoms with van der Waals surface area (Å²) in [6, 6.07) is 5.25. The molecule has 1 aromatic carbocycles. The maximum atomic E-state index is 3.72. The number of halogens is 1. The molecule has 0 amide bonds. The molecule has 1 aromatic rings. The van der Waals surface area contributed by atoms with Gasteiger partial charge in [-0.25, -0.2) is 0 Å². The predicted molar refractivity (Wildman–Crippen MR) is 78.8 cm³/mol. The fourth-order valence-electron chi connectivity index (χ4n) is 2.45. The second-order valence-electron chi connectivity index (χ2n) is 5.73. The molecule has 1 atom stereocenters. The van der Waals surface area contributed by atoms with Gasteiger partial charge < -0.3 is 5.32 Å². The predicted octanol–water partition coefficient (Wildman–Crippen LogP) is 4.96. The topological polar surface area (TPSA) is 12.0 Å². The van der Waals surface area contributed by atoms with Crippen molar-refractivity contribution in [1.82, 2.24) is 0 Å². The van der Waals surface area contributed by atoms with Gasteiger partial charge in [0.05, 0.1) is 5.69 Å². The highest BCUT2D eigenvalue weighted by Gasteiger charge is 2.22. The minimum Gasteiger partial charge on any atom is -0.381 e. The Bertz CT molecular complexity index is 410. The van der Waals surface area contributed by atoms with E-state index in [4.69, 9.17) is 0 Å². The first-order chi connectivity index (χ1) is 7.99. The summed E-state index contributed by atoms with van der Waals surface area (Å²) in [4.78, 5) is 0. The highest BCUT2D eigenvalue weighted by atomic mass is 79.9. The number of benzene rings is 1. The van der Waals surface area contributed by atoms with Crippen molar-refractivity contribution in [3.05, 3.63) is 27.7 Å². The standard InChI is InChI=1S/C15H22BrN/c1-9(2)12-7-11-5-6-14(10(3)4)17-15(11)13(16)8-12/h7-10,14,17H,5-6H2,1-4H3. The number of hydrogen-bond donors (Lipinski definition) is 1. The van der Waals surface area contributed by atoms with E-state index in [1.54, 1.807) is 0 Å². The van der Waals surface area contributed by atoms with E-state index in [2.05, 4.69) is 61.1 Å². The van der Waals surface area contributed by atoms with E-state index in [9.17, 15) is 0 Å². The largest absolute Gasteiger partial charge is 0.381 e. The summed E-state index contributed by atoms with van der Waals surface area (Å²) in [7, 11) is 0. The summed E-state index contributed by atoms with van der Waals surface area (Å²) in [6.07, 6.45) is 2.45. The van der Waals surface area contributed by atoms with E-state index in [-0.39, 0.29) is 0 Å². The van der Waals surface area contributed by atoms with Gasteiger partial charge in [-0.1, -0.05) is 33.8 Å². The Hall–Kier alpha value is -0.500. The summed E-state index contributed by atoms with van der Waals surface area (Å²) >= 11 is 3.72. The number of anilines is 1. The molecule has 2 heteroatoms. The Labute approximate surface area is 113 Å². The molecule has 1 heterocycles. The molecule has 0 aromatic heterocycles. The SMILES string of the molecule is CC(C)c1cc(Br)c2c(c1)CCC(C(C)C)N2. The highest BCUT2D eigenvalue weighted by Crippen LogP contribution is 2.36. The average molecular weight is 296 g/mol. The first-order valence-corrected chi connectivity index (χ1v) is 7.37. The van der Waals surface area contributed by atoms with Crippen molar-refractivity contribution >= 4 is 21.6 Å². The number of fused-ring (bicyclic) bond motifs is 1. The van der Waals surface area contributed by atoms with Crippen molar-refractivity contribution in [2.75, 3.05) is 5.32 Å². The summed E-state index contributed by atoms with van der Waals surface area (Å²) in [5.74, 6) is 1.29. The highest BCUT2D eigenvalue weighted by molar-refractivity contribution is 9.10. The van der Waals surface area contributed by atoms with Crippen molar-refractivity contribution in [3.8, 4) is 0 Å². The van der Waals surface area contributed by atoms with Crippen molar-refractivity contribution < 1.29 is 0 Å². The van der Waals surface area contributed by atoms with Crippen LogP contribution in [0.25, 0.3) is 0 Å². The minimum absolute atomic E-state index is 0.597. The van der Waals surface area contributed by atoms with Gasteiger partial charge in [0.25, 0.3) is 0 Å². The third-order valence-corrected chi connectivity index (χ3v) is 4.35. The molecule has 0 aliphatic carbocycles. The Morgan fingerprint density at radius 2 is 1.94 bits per heavy atom. The molecular weight excluding hydrogens is 274 g/mol. The van der Waals surface area contributed by atoms with Gasteiger partial charge in [0.1, 0.15) is 0 Å². The Morgan fingerprint density at radius 1 is 1.24 bits per heavy atom. The van der Waals surface area contributed by atoms with E-state index in [1.807, 2.05) is 0 Å². The zero-order valence-electron chi connectivity index (χ0n) is 11.2. The molecule has 0 saturated carbocycles. The molecule has 0 radical (unpaired) electrons.